The van der Waals surface area contributed by atoms with Gasteiger partial charge in [0.25, 0.3) is 5.91 Å². The highest BCUT2D eigenvalue weighted by molar-refractivity contribution is 7.98. The van der Waals surface area contributed by atoms with Gasteiger partial charge in [0.05, 0.1) is 5.56 Å². The number of anilines is 2. The molecule has 0 atom stereocenters. The molecule has 0 spiro atoms. The van der Waals surface area contributed by atoms with Crippen molar-refractivity contribution in [1.29, 1.82) is 0 Å². The Morgan fingerprint density at radius 1 is 1.05 bits per heavy atom. The lowest BCUT2D eigenvalue weighted by Gasteiger charge is -2.36. The highest BCUT2D eigenvalue weighted by atomic mass is 35.5. The highest BCUT2D eigenvalue weighted by Gasteiger charge is 2.31. The number of rotatable bonds is 8. The van der Waals surface area contributed by atoms with Crippen molar-refractivity contribution in [2.24, 2.45) is 0 Å². The number of halogens is 4. The first-order chi connectivity index (χ1) is 18.1. The van der Waals surface area contributed by atoms with Crippen LogP contribution in [0.1, 0.15) is 34.8 Å². The average molecular weight is 564 g/mol. The van der Waals surface area contributed by atoms with Crippen LogP contribution < -0.4 is 9.80 Å². The number of hydrogen-bond donors (Lipinski definition) is 0. The molecule has 1 aromatic heterocycles. The molecule has 0 radical (unpaired) electrons. The van der Waals surface area contributed by atoms with Gasteiger partial charge in [-0.1, -0.05) is 48.5 Å². The molecule has 1 aliphatic heterocycles. The third-order valence-corrected chi connectivity index (χ3v) is 7.37. The second-order valence-electron chi connectivity index (χ2n) is 9.07. The number of carbonyl (C=O) groups is 1. The first kappa shape index (κ1) is 28.0. The normalized spacial score (nSPS) is 14.1. The quantitative estimate of drug-likeness (QED) is 0.183. The Morgan fingerprint density at radius 3 is 2.50 bits per heavy atom. The van der Waals surface area contributed by atoms with Crippen LogP contribution in [0, 0.1) is 0 Å². The summed E-state index contributed by atoms with van der Waals surface area (Å²) in [6, 6.07) is 14.5. The van der Waals surface area contributed by atoms with Crippen molar-refractivity contribution in [3.8, 4) is 0 Å². The van der Waals surface area contributed by atoms with E-state index in [4.69, 9.17) is 11.6 Å². The lowest BCUT2D eigenvalue weighted by molar-refractivity contribution is -0.137. The SMILES string of the molecule is CCCN(C)c1cc(Cl)nc(SCc2cccc(C(=O)N3CCN(c4cccc(C(F)(F)F)c4)CC3)c2)n1. The van der Waals surface area contributed by atoms with Crippen molar-refractivity contribution in [3.05, 3.63) is 76.4 Å². The van der Waals surface area contributed by atoms with Crippen LogP contribution in [0.4, 0.5) is 24.7 Å². The molecule has 202 valence electrons. The van der Waals surface area contributed by atoms with Crippen LogP contribution in [-0.4, -0.2) is 60.5 Å². The summed E-state index contributed by atoms with van der Waals surface area (Å²) in [5.41, 5.74) is 1.37. The molecule has 0 bridgehead atoms. The van der Waals surface area contributed by atoms with Gasteiger partial charge in [-0.05, 0) is 42.3 Å². The Balaban J connectivity index is 1.36. The van der Waals surface area contributed by atoms with E-state index in [-0.39, 0.29) is 5.91 Å². The van der Waals surface area contributed by atoms with Gasteiger partial charge in [0, 0.05) is 62.8 Å². The fourth-order valence-corrected chi connectivity index (χ4v) is 5.29. The zero-order chi connectivity index (χ0) is 27.3. The summed E-state index contributed by atoms with van der Waals surface area (Å²) in [7, 11) is 1.96. The number of hydrogen-bond acceptors (Lipinski definition) is 6. The predicted molar refractivity (Wildman–Crippen MR) is 146 cm³/mol. The monoisotopic (exact) mass is 563 g/mol. The molecule has 0 unspecified atom stereocenters. The molecule has 4 rings (SSSR count). The van der Waals surface area contributed by atoms with E-state index >= 15 is 0 Å². The Labute approximate surface area is 229 Å². The van der Waals surface area contributed by atoms with Crippen molar-refractivity contribution in [2.45, 2.75) is 30.4 Å². The van der Waals surface area contributed by atoms with E-state index in [9.17, 15) is 18.0 Å². The number of thioether (sulfide) groups is 1. The minimum absolute atomic E-state index is 0.0944. The van der Waals surface area contributed by atoms with Gasteiger partial charge in [0.2, 0.25) is 0 Å². The first-order valence-corrected chi connectivity index (χ1v) is 13.7. The topological polar surface area (TPSA) is 52.6 Å². The molecular weight excluding hydrogens is 535 g/mol. The summed E-state index contributed by atoms with van der Waals surface area (Å²) in [5.74, 6) is 1.24. The Kier molecular flexibility index (Phi) is 9.04. The summed E-state index contributed by atoms with van der Waals surface area (Å²) < 4.78 is 39.2. The van der Waals surface area contributed by atoms with Crippen LogP contribution in [0.15, 0.2) is 59.8 Å². The third-order valence-electron chi connectivity index (χ3n) is 6.26. The molecule has 6 nitrogen and oxygen atoms in total. The number of carbonyl (C=O) groups excluding carboxylic acids is 1. The van der Waals surface area contributed by atoms with E-state index in [0.29, 0.717) is 53.5 Å². The van der Waals surface area contributed by atoms with Gasteiger partial charge in [-0.15, -0.1) is 0 Å². The zero-order valence-electron chi connectivity index (χ0n) is 21.2. The molecule has 38 heavy (non-hydrogen) atoms. The lowest BCUT2D eigenvalue weighted by Crippen LogP contribution is -2.48. The molecular formula is C27H29ClF3N5OS. The highest BCUT2D eigenvalue weighted by Crippen LogP contribution is 2.32. The molecule has 0 saturated carbocycles. The molecule has 1 amide bonds. The predicted octanol–water partition coefficient (Wildman–Crippen LogP) is 6.25. The average Bonchev–Trinajstić information content (AvgIpc) is 2.91. The maximum absolute atomic E-state index is 13.2. The third kappa shape index (κ3) is 7.11. The van der Waals surface area contributed by atoms with E-state index in [0.717, 1.165) is 36.5 Å². The number of amides is 1. The summed E-state index contributed by atoms with van der Waals surface area (Å²) in [4.78, 5) is 27.8. The molecule has 0 aliphatic carbocycles. The second kappa shape index (κ2) is 12.3. The van der Waals surface area contributed by atoms with Crippen LogP contribution >= 0.6 is 23.4 Å². The van der Waals surface area contributed by atoms with Gasteiger partial charge < -0.3 is 14.7 Å². The molecule has 1 saturated heterocycles. The van der Waals surface area contributed by atoms with Gasteiger partial charge in [-0.3, -0.25) is 4.79 Å². The van der Waals surface area contributed by atoms with Gasteiger partial charge in [-0.2, -0.15) is 13.2 Å². The number of benzene rings is 2. The smallest absolute Gasteiger partial charge is 0.368 e. The van der Waals surface area contributed by atoms with Crippen molar-refractivity contribution in [1.82, 2.24) is 14.9 Å². The first-order valence-electron chi connectivity index (χ1n) is 12.3. The van der Waals surface area contributed by atoms with E-state index in [1.807, 2.05) is 35.0 Å². The number of alkyl halides is 3. The maximum Gasteiger partial charge on any atom is 0.416 e. The van der Waals surface area contributed by atoms with Gasteiger partial charge in [0.1, 0.15) is 11.0 Å². The van der Waals surface area contributed by atoms with Crippen LogP contribution in [0.3, 0.4) is 0 Å². The number of nitrogens with zero attached hydrogens (tertiary/aromatic N) is 5. The number of aromatic nitrogens is 2. The molecule has 1 fully saturated rings. The molecule has 2 heterocycles. The Bertz CT molecular complexity index is 1270. The van der Waals surface area contributed by atoms with Gasteiger partial charge in [-0.25, -0.2) is 9.97 Å². The minimum atomic E-state index is -4.39. The fourth-order valence-electron chi connectivity index (χ4n) is 4.27. The van der Waals surface area contributed by atoms with Gasteiger partial charge in [0.15, 0.2) is 5.16 Å². The van der Waals surface area contributed by atoms with Crippen molar-refractivity contribution in [2.75, 3.05) is 49.6 Å². The summed E-state index contributed by atoms with van der Waals surface area (Å²) in [5, 5.41) is 0.951. The minimum Gasteiger partial charge on any atom is -0.368 e. The van der Waals surface area contributed by atoms with Crippen LogP contribution in [0.2, 0.25) is 5.15 Å². The summed E-state index contributed by atoms with van der Waals surface area (Å²) >= 11 is 7.66. The molecule has 3 aromatic rings. The molecule has 1 aliphatic rings. The Morgan fingerprint density at radius 2 is 1.79 bits per heavy atom. The van der Waals surface area contributed by atoms with E-state index in [2.05, 4.69) is 16.9 Å². The van der Waals surface area contributed by atoms with Crippen LogP contribution in [-0.2, 0) is 11.9 Å². The number of piperazine rings is 1. The van der Waals surface area contributed by atoms with Crippen molar-refractivity contribution >= 4 is 40.8 Å². The van der Waals surface area contributed by atoms with Crippen molar-refractivity contribution < 1.29 is 18.0 Å². The lowest BCUT2D eigenvalue weighted by atomic mass is 10.1. The summed E-state index contributed by atoms with van der Waals surface area (Å²) in [6.45, 7) is 4.74. The molecule has 0 N–H and O–H groups in total. The van der Waals surface area contributed by atoms with Crippen LogP contribution in [0.5, 0.6) is 0 Å². The summed E-state index contributed by atoms with van der Waals surface area (Å²) in [6.07, 6.45) is -3.40. The molecule has 2 aromatic carbocycles. The standard InChI is InChI=1S/C27H29ClF3N5OS/c1-3-10-34(2)24-17-23(28)32-26(33-24)38-18-19-6-4-7-20(15-19)25(37)36-13-11-35(12-14-36)22-9-5-8-21(16-22)27(29,30)31/h4-9,15-17H,3,10-14,18H2,1-2H3. The Hall–Kier alpha value is -2.98. The second-order valence-corrected chi connectivity index (χ2v) is 10.4. The maximum atomic E-state index is 13.2. The molecule has 11 heteroatoms. The van der Waals surface area contributed by atoms with Gasteiger partial charge >= 0.3 is 6.18 Å². The fraction of sp³-hybridized carbons (Fsp3) is 0.370. The largest absolute Gasteiger partial charge is 0.416 e. The van der Waals surface area contributed by atoms with E-state index in [1.54, 1.807) is 23.1 Å². The zero-order valence-corrected chi connectivity index (χ0v) is 22.8. The van der Waals surface area contributed by atoms with E-state index < -0.39 is 11.7 Å². The van der Waals surface area contributed by atoms with Crippen molar-refractivity contribution in [3.63, 3.8) is 0 Å². The van der Waals surface area contributed by atoms with Crippen LogP contribution in [0.25, 0.3) is 0 Å². The van der Waals surface area contributed by atoms with E-state index in [1.165, 1.54) is 17.8 Å².